The van der Waals surface area contributed by atoms with Crippen LogP contribution in [0.2, 0.25) is 0 Å². The zero-order valence-electron chi connectivity index (χ0n) is 7.30. The van der Waals surface area contributed by atoms with E-state index < -0.39 is 5.97 Å². The molecule has 0 radical (unpaired) electrons. The van der Waals surface area contributed by atoms with Gasteiger partial charge in [0.15, 0.2) is 5.69 Å². The lowest BCUT2D eigenvalue weighted by Crippen LogP contribution is -2.21. The molecule has 1 aliphatic heterocycles. The summed E-state index contributed by atoms with van der Waals surface area (Å²) in [4.78, 5) is 14.5. The fourth-order valence-corrected chi connectivity index (χ4v) is 1.99. The number of carbonyl (C=O) groups is 1. The summed E-state index contributed by atoms with van der Waals surface area (Å²) in [6.07, 6.45) is -0.207. The van der Waals surface area contributed by atoms with Gasteiger partial charge in [0.05, 0.1) is 19.8 Å². The Morgan fingerprint density at radius 1 is 1.64 bits per heavy atom. The van der Waals surface area contributed by atoms with Crippen LogP contribution in [-0.4, -0.2) is 35.9 Å². The van der Waals surface area contributed by atoms with Crippen molar-refractivity contribution < 1.29 is 19.4 Å². The van der Waals surface area contributed by atoms with Gasteiger partial charge in [-0.15, -0.1) is 11.3 Å². The lowest BCUT2D eigenvalue weighted by molar-refractivity contribution is -0.0902. The highest BCUT2D eigenvalue weighted by Crippen LogP contribution is 2.23. The first-order valence-corrected chi connectivity index (χ1v) is 5.03. The molecule has 2 heterocycles. The van der Waals surface area contributed by atoms with Crippen molar-refractivity contribution in [3.05, 3.63) is 16.1 Å². The molecule has 1 unspecified atom stereocenters. The van der Waals surface area contributed by atoms with Crippen molar-refractivity contribution >= 4 is 17.3 Å². The second-order valence-electron chi connectivity index (χ2n) is 2.81. The third kappa shape index (κ3) is 1.92. The average molecular weight is 215 g/mol. The third-order valence-electron chi connectivity index (χ3n) is 1.83. The SMILES string of the molecule is O=C(O)c1csc(C2COCCO2)n1. The standard InChI is InChI=1S/C8H9NO4S/c10-8(11)5-4-14-7(9-5)6-3-12-1-2-13-6/h4,6H,1-3H2,(H,10,11). The van der Waals surface area contributed by atoms with Crippen LogP contribution in [0.1, 0.15) is 21.6 Å². The Hall–Kier alpha value is -0.980. The largest absolute Gasteiger partial charge is 0.476 e. The average Bonchev–Trinajstić information content (AvgIpc) is 2.68. The number of rotatable bonds is 2. The van der Waals surface area contributed by atoms with E-state index in [0.717, 1.165) is 0 Å². The van der Waals surface area contributed by atoms with Crippen molar-refractivity contribution in [3.8, 4) is 0 Å². The van der Waals surface area contributed by atoms with Gasteiger partial charge in [-0.25, -0.2) is 9.78 Å². The van der Waals surface area contributed by atoms with Crippen molar-refractivity contribution in [2.75, 3.05) is 19.8 Å². The fraction of sp³-hybridized carbons (Fsp3) is 0.500. The van der Waals surface area contributed by atoms with Crippen LogP contribution < -0.4 is 0 Å². The molecule has 0 amide bonds. The van der Waals surface area contributed by atoms with Gasteiger partial charge in [-0.1, -0.05) is 0 Å². The van der Waals surface area contributed by atoms with Crippen LogP contribution in [0.25, 0.3) is 0 Å². The van der Waals surface area contributed by atoms with E-state index in [4.69, 9.17) is 14.6 Å². The van der Waals surface area contributed by atoms with E-state index in [-0.39, 0.29) is 11.8 Å². The molecule has 1 N–H and O–H groups in total. The second-order valence-corrected chi connectivity index (χ2v) is 3.70. The molecule has 1 aromatic rings. The molecule has 0 aromatic carbocycles. The molecule has 1 aliphatic rings. The van der Waals surface area contributed by atoms with Crippen molar-refractivity contribution in [2.24, 2.45) is 0 Å². The van der Waals surface area contributed by atoms with Gasteiger partial charge in [0.2, 0.25) is 0 Å². The first-order chi connectivity index (χ1) is 6.77. The number of carboxylic acid groups (broad SMARTS) is 1. The van der Waals surface area contributed by atoms with Gasteiger partial charge in [0.1, 0.15) is 11.1 Å². The number of aromatic nitrogens is 1. The predicted octanol–water partition coefficient (Wildman–Crippen LogP) is 0.929. The molecule has 1 aromatic heterocycles. The molecular weight excluding hydrogens is 206 g/mol. The van der Waals surface area contributed by atoms with Gasteiger partial charge in [0, 0.05) is 5.38 Å². The molecule has 1 fully saturated rings. The Morgan fingerprint density at radius 2 is 2.50 bits per heavy atom. The number of hydrogen-bond donors (Lipinski definition) is 1. The van der Waals surface area contributed by atoms with Gasteiger partial charge in [0.25, 0.3) is 0 Å². The summed E-state index contributed by atoms with van der Waals surface area (Å²) in [6.45, 7) is 1.58. The molecular formula is C8H9NO4S. The zero-order chi connectivity index (χ0) is 9.97. The third-order valence-corrected chi connectivity index (χ3v) is 2.77. The van der Waals surface area contributed by atoms with Crippen LogP contribution >= 0.6 is 11.3 Å². The van der Waals surface area contributed by atoms with Gasteiger partial charge < -0.3 is 14.6 Å². The molecule has 1 atom stereocenters. The molecule has 5 nitrogen and oxygen atoms in total. The highest BCUT2D eigenvalue weighted by molar-refractivity contribution is 7.09. The minimum Gasteiger partial charge on any atom is -0.476 e. The first-order valence-electron chi connectivity index (χ1n) is 4.15. The lowest BCUT2D eigenvalue weighted by Gasteiger charge is -2.20. The van der Waals surface area contributed by atoms with Gasteiger partial charge in [-0.3, -0.25) is 0 Å². The van der Waals surface area contributed by atoms with Crippen LogP contribution in [-0.2, 0) is 9.47 Å². The first kappa shape index (κ1) is 9.57. The number of hydrogen-bond acceptors (Lipinski definition) is 5. The van der Waals surface area contributed by atoms with Crippen LogP contribution in [0, 0.1) is 0 Å². The van der Waals surface area contributed by atoms with Crippen molar-refractivity contribution in [1.82, 2.24) is 4.98 Å². The number of aromatic carboxylic acids is 1. The molecule has 1 saturated heterocycles. The monoisotopic (exact) mass is 215 g/mol. The van der Waals surface area contributed by atoms with E-state index in [0.29, 0.717) is 24.8 Å². The fourth-order valence-electron chi connectivity index (χ4n) is 1.16. The van der Waals surface area contributed by atoms with E-state index in [1.807, 2.05) is 0 Å². The van der Waals surface area contributed by atoms with E-state index in [9.17, 15) is 4.79 Å². The van der Waals surface area contributed by atoms with Gasteiger partial charge >= 0.3 is 5.97 Å². The van der Waals surface area contributed by atoms with E-state index in [1.54, 1.807) is 0 Å². The maximum absolute atomic E-state index is 10.6. The van der Waals surface area contributed by atoms with E-state index in [2.05, 4.69) is 4.98 Å². The smallest absolute Gasteiger partial charge is 0.355 e. The molecule has 0 aliphatic carbocycles. The minimum atomic E-state index is -1.01. The number of nitrogens with zero attached hydrogens (tertiary/aromatic N) is 1. The Morgan fingerprint density at radius 3 is 3.07 bits per heavy atom. The molecule has 76 valence electrons. The minimum absolute atomic E-state index is 0.0687. The summed E-state index contributed by atoms with van der Waals surface area (Å²) in [6, 6.07) is 0. The molecule has 0 spiro atoms. The Labute approximate surface area is 84.3 Å². The summed E-state index contributed by atoms with van der Waals surface area (Å²) in [5.41, 5.74) is 0.0687. The Bertz CT molecular complexity index is 332. The molecule has 14 heavy (non-hydrogen) atoms. The van der Waals surface area contributed by atoms with E-state index >= 15 is 0 Å². The molecule has 6 heteroatoms. The summed E-state index contributed by atoms with van der Waals surface area (Å²) < 4.78 is 10.6. The zero-order valence-corrected chi connectivity index (χ0v) is 8.12. The van der Waals surface area contributed by atoms with Crippen molar-refractivity contribution in [2.45, 2.75) is 6.10 Å². The quantitative estimate of drug-likeness (QED) is 0.794. The van der Waals surface area contributed by atoms with Crippen molar-refractivity contribution in [3.63, 3.8) is 0 Å². The summed E-state index contributed by atoms with van der Waals surface area (Å²) >= 11 is 1.29. The highest BCUT2D eigenvalue weighted by Gasteiger charge is 2.21. The summed E-state index contributed by atoms with van der Waals surface area (Å²) in [5.74, 6) is -1.01. The van der Waals surface area contributed by atoms with Crippen LogP contribution in [0.15, 0.2) is 5.38 Å². The second kappa shape index (κ2) is 4.04. The van der Waals surface area contributed by atoms with Crippen LogP contribution in [0.3, 0.4) is 0 Å². The Balaban J connectivity index is 2.11. The van der Waals surface area contributed by atoms with Crippen LogP contribution in [0.4, 0.5) is 0 Å². The predicted molar refractivity (Wildman–Crippen MR) is 48.6 cm³/mol. The number of thiazole rings is 1. The number of ether oxygens (including phenoxy) is 2. The maximum atomic E-state index is 10.6. The van der Waals surface area contributed by atoms with Gasteiger partial charge in [-0.05, 0) is 0 Å². The Kier molecular flexibility index (Phi) is 2.76. The highest BCUT2D eigenvalue weighted by atomic mass is 32.1. The lowest BCUT2D eigenvalue weighted by atomic mass is 10.3. The molecule has 0 saturated carbocycles. The van der Waals surface area contributed by atoms with Crippen LogP contribution in [0.5, 0.6) is 0 Å². The molecule has 0 bridgehead atoms. The summed E-state index contributed by atoms with van der Waals surface area (Å²) in [7, 11) is 0. The van der Waals surface area contributed by atoms with E-state index in [1.165, 1.54) is 16.7 Å². The number of carboxylic acids is 1. The maximum Gasteiger partial charge on any atom is 0.355 e. The van der Waals surface area contributed by atoms with Crippen molar-refractivity contribution in [1.29, 1.82) is 0 Å². The topological polar surface area (TPSA) is 68.7 Å². The summed E-state index contributed by atoms with van der Waals surface area (Å²) in [5, 5.41) is 10.8. The molecule has 2 rings (SSSR count). The normalized spacial score (nSPS) is 22.1. The van der Waals surface area contributed by atoms with Gasteiger partial charge in [-0.2, -0.15) is 0 Å².